The number of nitrogens with zero attached hydrogens (tertiary/aromatic N) is 3. The van der Waals surface area contributed by atoms with Gasteiger partial charge >= 0.3 is 0 Å². The van der Waals surface area contributed by atoms with Crippen molar-refractivity contribution in [1.29, 1.82) is 0 Å². The molecule has 0 spiro atoms. The van der Waals surface area contributed by atoms with Crippen molar-refractivity contribution in [2.24, 2.45) is 0 Å². The Morgan fingerprint density at radius 2 is 1.91 bits per heavy atom. The predicted octanol–water partition coefficient (Wildman–Crippen LogP) is 4.32. The van der Waals surface area contributed by atoms with E-state index >= 15 is 0 Å². The van der Waals surface area contributed by atoms with Gasteiger partial charge in [0.2, 0.25) is 0 Å². The molecule has 33 heavy (non-hydrogen) atoms. The number of rotatable bonds is 5. The number of hydrogen-bond acceptors (Lipinski definition) is 6. The highest BCUT2D eigenvalue weighted by Gasteiger charge is 2.49. The van der Waals surface area contributed by atoms with E-state index in [1.54, 1.807) is 28.8 Å². The lowest BCUT2D eigenvalue weighted by molar-refractivity contribution is 0.0289. The number of anilines is 1. The fraction of sp³-hybridized carbons (Fsp3) is 0.375. The Kier molecular flexibility index (Phi) is 5.89. The van der Waals surface area contributed by atoms with Gasteiger partial charge < -0.3 is 19.6 Å². The molecule has 1 aromatic carbocycles. The maximum atomic E-state index is 12.6. The molecule has 2 N–H and O–H groups in total. The Morgan fingerprint density at radius 1 is 1.21 bits per heavy atom. The number of aliphatic hydroxyl groups is 1. The number of aromatic nitrogens is 3. The fourth-order valence-corrected chi connectivity index (χ4v) is 4.84. The minimum atomic E-state index is -2.21. The van der Waals surface area contributed by atoms with Crippen molar-refractivity contribution in [3.05, 3.63) is 72.4 Å². The van der Waals surface area contributed by atoms with Crippen LogP contribution in [0.3, 0.4) is 0 Å². The standard InChI is InChI=1S/C24H30N4O4Si/c1-15-19(29)21(32-33(5,6)24(2,3)4)20(31-15)17-12-13-18-22(25-14-26-28(17)18)27-23(30)16-10-8-7-9-11-16/h7-14,19-21,29H,1H2,2-6H3,(H,25,26,27,30)/t19-,20+,21-/m1/s1. The number of aliphatic hydroxyl groups excluding tert-OH is 1. The summed E-state index contributed by atoms with van der Waals surface area (Å²) < 4.78 is 14.2. The van der Waals surface area contributed by atoms with Crippen LogP contribution in [-0.2, 0) is 9.16 Å². The Morgan fingerprint density at radius 3 is 2.58 bits per heavy atom. The van der Waals surface area contributed by atoms with Crippen LogP contribution in [-0.4, -0.2) is 46.1 Å². The first-order valence-electron chi connectivity index (χ1n) is 10.9. The molecule has 0 bridgehead atoms. The van der Waals surface area contributed by atoms with Gasteiger partial charge in [0.15, 0.2) is 20.2 Å². The van der Waals surface area contributed by atoms with E-state index in [-0.39, 0.29) is 16.7 Å². The quantitative estimate of drug-likeness (QED) is 0.544. The molecule has 1 saturated heterocycles. The second-order valence-electron chi connectivity index (χ2n) is 9.78. The summed E-state index contributed by atoms with van der Waals surface area (Å²) in [6.45, 7) is 14.6. The summed E-state index contributed by atoms with van der Waals surface area (Å²) in [4.78, 5) is 16.9. The SMILES string of the molecule is C=C1O[C@@H](c2ccc3c(NC(=O)c4ccccc4)ncnn23)[C@H](O[Si](C)(C)C(C)(C)C)[C@@H]1O. The maximum Gasteiger partial charge on any atom is 0.256 e. The Balaban J connectivity index is 1.67. The molecule has 3 heterocycles. The lowest BCUT2D eigenvalue weighted by atomic mass is 10.1. The first kappa shape index (κ1) is 23.2. The van der Waals surface area contributed by atoms with Gasteiger partial charge in [-0.05, 0) is 42.4 Å². The largest absolute Gasteiger partial charge is 0.483 e. The van der Waals surface area contributed by atoms with Crippen molar-refractivity contribution >= 4 is 25.6 Å². The van der Waals surface area contributed by atoms with Crippen LogP contribution in [0.2, 0.25) is 18.1 Å². The molecular formula is C24H30N4O4Si. The number of carbonyl (C=O) groups excluding carboxylic acids is 1. The van der Waals surface area contributed by atoms with Crippen molar-refractivity contribution in [2.45, 2.75) is 57.2 Å². The molecule has 2 aromatic heterocycles. The van der Waals surface area contributed by atoms with Gasteiger partial charge in [-0.15, -0.1) is 0 Å². The molecule has 0 radical (unpaired) electrons. The van der Waals surface area contributed by atoms with Crippen molar-refractivity contribution in [2.75, 3.05) is 5.32 Å². The summed E-state index contributed by atoms with van der Waals surface area (Å²) in [7, 11) is -2.21. The third-order valence-electron chi connectivity index (χ3n) is 6.50. The van der Waals surface area contributed by atoms with Crippen LogP contribution in [0.1, 0.15) is 42.9 Å². The summed E-state index contributed by atoms with van der Waals surface area (Å²) in [5.74, 6) is 0.383. The van der Waals surface area contributed by atoms with Crippen molar-refractivity contribution in [3.63, 3.8) is 0 Å². The van der Waals surface area contributed by atoms with Crippen LogP contribution in [0.25, 0.3) is 5.52 Å². The lowest BCUT2D eigenvalue weighted by Gasteiger charge is -2.39. The number of carbonyl (C=O) groups is 1. The van der Waals surface area contributed by atoms with E-state index in [0.29, 0.717) is 22.6 Å². The minimum Gasteiger partial charge on any atom is -0.483 e. The molecule has 1 aliphatic heterocycles. The summed E-state index contributed by atoms with van der Waals surface area (Å²) >= 11 is 0. The van der Waals surface area contributed by atoms with E-state index in [9.17, 15) is 9.90 Å². The predicted molar refractivity (Wildman–Crippen MR) is 128 cm³/mol. The summed E-state index contributed by atoms with van der Waals surface area (Å²) in [5, 5.41) is 18.0. The first-order valence-corrected chi connectivity index (χ1v) is 13.8. The van der Waals surface area contributed by atoms with E-state index in [2.05, 4.69) is 55.8 Å². The van der Waals surface area contributed by atoms with Crippen LogP contribution in [0.15, 0.2) is 61.1 Å². The second kappa shape index (κ2) is 8.40. The number of benzene rings is 1. The molecular weight excluding hydrogens is 436 g/mol. The summed E-state index contributed by atoms with van der Waals surface area (Å²) in [5.41, 5.74) is 1.82. The molecule has 0 unspecified atom stereocenters. The highest BCUT2D eigenvalue weighted by Crippen LogP contribution is 2.44. The van der Waals surface area contributed by atoms with Gasteiger partial charge in [-0.25, -0.2) is 9.50 Å². The number of ether oxygens (including phenoxy) is 1. The molecule has 1 amide bonds. The van der Waals surface area contributed by atoms with Crippen molar-refractivity contribution in [1.82, 2.24) is 14.6 Å². The van der Waals surface area contributed by atoms with Crippen LogP contribution < -0.4 is 5.32 Å². The van der Waals surface area contributed by atoms with Crippen LogP contribution in [0.5, 0.6) is 0 Å². The van der Waals surface area contributed by atoms with E-state index in [0.717, 1.165) is 0 Å². The zero-order valence-electron chi connectivity index (χ0n) is 19.6. The first-order chi connectivity index (χ1) is 15.5. The second-order valence-corrected chi connectivity index (χ2v) is 14.5. The third kappa shape index (κ3) is 4.31. The molecule has 9 heteroatoms. The molecule has 0 saturated carbocycles. The molecule has 8 nitrogen and oxygen atoms in total. The number of amides is 1. The monoisotopic (exact) mass is 466 g/mol. The highest BCUT2D eigenvalue weighted by atomic mass is 28.4. The maximum absolute atomic E-state index is 12.6. The van der Waals surface area contributed by atoms with Gasteiger partial charge in [0.05, 0.1) is 5.69 Å². The zero-order valence-corrected chi connectivity index (χ0v) is 20.6. The molecule has 1 fully saturated rings. The molecule has 0 aliphatic carbocycles. The average molecular weight is 467 g/mol. The number of fused-ring (bicyclic) bond motifs is 1. The third-order valence-corrected chi connectivity index (χ3v) is 11.0. The number of nitrogens with one attached hydrogen (secondary N) is 1. The normalized spacial score (nSPS) is 21.3. The van der Waals surface area contributed by atoms with Crippen molar-refractivity contribution < 1.29 is 19.1 Å². The van der Waals surface area contributed by atoms with Crippen LogP contribution in [0, 0.1) is 0 Å². The van der Waals surface area contributed by atoms with E-state index in [4.69, 9.17) is 9.16 Å². The topological polar surface area (TPSA) is 98.0 Å². The van der Waals surface area contributed by atoms with E-state index < -0.39 is 26.6 Å². The lowest BCUT2D eigenvalue weighted by Crippen LogP contribution is -2.47. The molecule has 174 valence electrons. The Hall–Kier alpha value is -3.01. The van der Waals surface area contributed by atoms with Gasteiger partial charge in [-0.3, -0.25) is 4.79 Å². The summed E-state index contributed by atoms with van der Waals surface area (Å²) in [6.07, 6.45) is -0.791. The summed E-state index contributed by atoms with van der Waals surface area (Å²) in [6, 6.07) is 12.6. The van der Waals surface area contributed by atoms with Crippen molar-refractivity contribution in [3.8, 4) is 0 Å². The molecule has 3 aromatic rings. The van der Waals surface area contributed by atoms with Gasteiger partial charge in [-0.1, -0.05) is 45.5 Å². The zero-order chi connectivity index (χ0) is 24.0. The highest BCUT2D eigenvalue weighted by molar-refractivity contribution is 6.74. The van der Waals surface area contributed by atoms with Gasteiger partial charge in [0.25, 0.3) is 5.91 Å². The Labute approximate surface area is 194 Å². The molecule has 4 rings (SSSR count). The van der Waals surface area contributed by atoms with Crippen LogP contribution >= 0.6 is 0 Å². The van der Waals surface area contributed by atoms with E-state index in [1.165, 1.54) is 6.33 Å². The van der Waals surface area contributed by atoms with Crippen LogP contribution in [0.4, 0.5) is 5.82 Å². The van der Waals surface area contributed by atoms with E-state index in [1.807, 2.05) is 18.2 Å². The average Bonchev–Trinajstić information content (AvgIpc) is 3.30. The van der Waals surface area contributed by atoms with Gasteiger partial charge in [-0.2, -0.15) is 5.10 Å². The fourth-order valence-electron chi connectivity index (χ4n) is 3.56. The molecule has 3 atom stereocenters. The molecule has 1 aliphatic rings. The number of hydrogen-bond donors (Lipinski definition) is 2. The van der Waals surface area contributed by atoms with Gasteiger partial charge in [0.1, 0.15) is 29.8 Å². The minimum absolute atomic E-state index is 0.0422. The smallest absolute Gasteiger partial charge is 0.256 e. The van der Waals surface area contributed by atoms with Gasteiger partial charge in [0, 0.05) is 5.56 Å². The Bertz CT molecular complexity index is 1190.